The van der Waals surface area contributed by atoms with Gasteiger partial charge in [0.2, 0.25) is 6.41 Å². The number of anilines is 1. The van der Waals surface area contributed by atoms with Crippen LogP contribution in [0.25, 0.3) is 17.1 Å². The van der Waals surface area contributed by atoms with Crippen LogP contribution in [0.1, 0.15) is 49.8 Å². The lowest BCUT2D eigenvalue weighted by Gasteiger charge is -2.23. The summed E-state index contributed by atoms with van der Waals surface area (Å²) in [7, 11) is 0. The average Bonchev–Trinajstić information content (AvgIpc) is 3.50. The molecule has 0 spiro atoms. The number of alkyl halides is 3. The minimum Gasteiger partial charge on any atom is -0.406 e. The number of hydrogen-bond donors (Lipinski definition) is 1. The third-order valence-corrected chi connectivity index (χ3v) is 7.61. The Morgan fingerprint density at radius 2 is 1.89 bits per heavy atom. The van der Waals surface area contributed by atoms with Crippen molar-refractivity contribution in [2.75, 3.05) is 17.2 Å². The van der Waals surface area contributed by atoms with Gasteiger partial charge >= 0.3 is 12.4 Å². The number of aliphatic imine (C=N–C) groups is 1. The van der Waals surface area contributed by atoms with Crippen LogP contribution in [0, 0.1) is 6.92 Å². The van der Waals surface area contributed by atoms with Crippen molar-refractivity contribution in [3.8, 4) is 22.8 Å². The van der Waals surface area contributed by atoms with Crippen LogP contribution >= 0.6 is 11.8 Å². The number of carbonyl (C=O) groups excluding carboxylic acids is 2. The lowest BCUT2D eigenvalue weighted by Crippen LogP contribution is -2.31. The van der Waals surface area contributed by atoms with E-state index in [4.69, 9.17) is 0 Å². The highest BCUT2D eigenvalue weighted by atomic mass is 32.2. The minimum absolute atomic E-state index is 0.173. The summed E-state index contributed by atoms with van der Waals surface area (Å²) in [6.45, 7) is 8.36. The highest BCUT2D eigenvalue weighted by Crippen LogP contribution is 2.30. The van der Waals surface area contributed by atoms with E-state index in [1.807, 2.05) is 56.3 Å². The molecule has 0 saturated carbocycles. The monoisotopic (exact) mass is 652 g/mol. The normalized spacial score (nSPS) is 11.9. The Morgan fingerprint density at radius 1 is 1.13 bits per heavy atom. The van der Waals surface area contributed by atoms with E-state index in [0.29, 0.717) is 53.9 Å². The number of aryl methyl sites for hydroxylation is 2. The number of ether oxygens (including phenoxy) is 1. The number of hydrogen-bond acceptors (Lipinski definition) is 6. The fourth-order valence-corrected chi connectivity index (χ4v) is 5.33. The van der Waals surface area contributed by atoms with E-state index in [2.05, 4.69) is 39.0 Å². The zero-order valence-corrected chi connectivity index (χ0v) is 26.7. The summed E-state index contributed by atoms with van der Waals surface area (Å²) in [5, 5.41) is 7.60. The molecule has 4 rings (SSSR count). The van der Waals surface area contributed by atoms with E-state index in [0.717, 1.165) is 22.3 Å². The van der Waals surface area contributed by atoms with Crippen LogP contribution in [0.5, 0.6) is 5.75 Å². The fraction of sp³-hybridized carbons (Fsp3) is 0.303. The zero-order chi connectivity index (χ0) is 33.3. The number of benzene rings is 3. The van der Waals surface area contributed by atoms with Crippen LogP contribution in [0.2, 0.25) is 0 Å². The molecule has 9 nitrogen and oxygen atoms in total. The molecule has 1 N–H and O–H groups in total. The number of amidine groups is 1. The van der Waals surface area contributed by atoms with E-state index in [1.54, 1.807) is 0 Å². The SMILES string of the molecule is CCS/C(=N\C(=O)NCCCc1cccc(-c2ncn(-c3ccc(OC(F)(F)F)cc3)n2)c1)N(C=O)c1cc(C)ccc1C(C)C. The number of amides is 3. The molecule has 0 aliphatic heterocycles. The predicted octanol–water partition coefficient (Wildman–Crippen LogP) is 7.68. The molecule has 0 aliphatic carbocycles. The molecule has 0 unspecified atom stereocenters. The molecule has 0 radical (unpaired) electrons. The first-order valence-corrected chi connectivity index (χ1v) is 15.7. The van der Waals surface area contributed by atoms with Crippen molar-refractivity contribution in [3.05, 3.63) is 89.7 Å². The van der Waals surface area contributed by atoms with Crippen molar-refractivity contribution >= 4 is 35.1 Å². The Hall–Kier alpha value is -4.65. The standard InChI is InChI=1S/C33H35F3N6O3S/c1-5-46-32(41(21-43)29-18-23(4)11-16-28(29)22(2)3)39-31(44)37-17-7-9-24-8-6-10-25(19-24)30-38-20-42(40-30)26-12-14-27(15-13-26)45-33(34,35)36/h6,8,10-16,18-22H,5,7,9,17H2,1-4H3,(H,37,44)/b39-32-. The Bertz CT molecular complexity index is 1670. The van der Waals surface area contributed by atoms with Crippen molar-refractivity contribution in [2.24, 2.45) is 4.99 Å². The number of nitrogens with zero attached hydrogens (tertiary/aromatic N) is 5. The van der Waals surface area contributed by atoms with Gasteiger partial charge in [0, 0.05) is 12.1 Å². The molecule has 46 heavy (non-hydrogen) atoms. The van der Waals surface area contributed by atoms with Crippen LogP contribution in [-0.2, 0) is 11.2 Å². The summed E-state index contributed by atoms with van der Waals surface area (Å²) in [4.78, 5) is 35.0. The third-order valence-electron chi connectivity index (χ3n) is 6.78. The van der Waals surface area contributed by atoms with Gasteiger partial charge in [-0.25, -0.2) is 14.5 Å². The number of carbonyl (C=O) groups is 2. The maximum Gasteiger partial charge on any atom is 0.573 e. The van der Waals surface area contributed by atoms with Crippen LogP contribution in [-0.4, -0.2) is 51.0 Å². The number of rotatable bonds is 11. The van der Waals surface area contributed by atoms with Crippen molar-refractivity contribution in [2.45, 2.75) is 52.8 Å². The van der Waals surface area contributed by atoms with Gasteiger partial charge < -0.3 is 10.1 Å². The van der Waals surface area contributed by atoms with E-state index in [9.17, 15) is 22.8 Å². The van der Waals surface area contributed by atoms with Crippen LogP contribution in [0.3, 0.4) is 0 Å². The van der Waals surface area contributed by atoms with Gasteiger partial charge in [0.25, 0.3) is 0 Å². The van der Waals surface area contributed by atoms with Gasteiger partial charge in [0.1, 0.15) is 12.1 Å². The average molecular weight is 653 g/mol. The molecular weight excluding hydrogens is 617 g/mol. The molecule has 0 fully saturated rings. The molecule has 0 saturated heterocycles. The first-order chi connectivity index (χ1) is 22.0. The van der Waals surface area contributed by atoms with Crippen molar-refractivity contribution < 1.29 is 27.5 Å². The molecule has 13 heteroatoms. The summed E-state index contributed by atoms with van der Waals surface area (Å²) >= 11 is 1.32. The summed E-state index contributed by atoms with van der Waals surface area (Å²) in [6, 6.07) is 18.4. The van der Waals surface area contributed by atoms with Crippen LogP contribution in [0.15, 0.2) is 78.0 Å². The first-order valence-electron chi connectivity index (χ1n) is 14.7. The first kappa shape index (κ1) is 34.2. The maximum atomic E-state index is 12.8. The van der Waals surface area contributed by atoms with Gasteiger partial charge in [-0.1, -0.05) is 62.9 Å². The molecule has 1 aromatic heterocycles. The summed E-state index contributed by atoms with van der Waals surface area (Å²) in [5.74, 6) is 0.937. The van der Waals surface area contributed by atoms with Gasteiger partial charge in [-0.2, -0.15) is 4.99 Å². The number of halogens is 3. The smallest absolute Gasteiger partial charge is 0.406 e. The van der Waals surface area contributed by atoms with Gasteiger partial charge in [0.05, 0.1) is 11.4 Å². The van der Waals surface area contributed by atoms with Crippen molar-refractivity contribution in [1.29, 1.82) is 0 Å². The molecule has 0 aliphatic rings. The molecule has 242 valence electrons. The Morgan fingerprint density at radius 3 is 2.57 bits per heavy atom. The second kappa shape index (κ2) is 15.6. The number of aromatic nitrogens is 3. The predicted molar refractivity (Wildman–Crippen MR) is 175 cm³/mol. The molecule has 3 amide bonds. The van der Waals surface area contributed by atoms with Gasteiger partial charge in [0.15, 0.2) is 11.0 Å². The zero-order valence-electron chi connectivity index (χ0n) is 25.9. The largest absolute Gasteiger partial charge is 0.573 e. The molecule has 0 bridgehead atoms. The number of urea groups is 1. The third kappa shape index (κ3) is 9.43. The maximum absolute atomic E-state index is 12.8. The van der Waals surface area contributed by atoms with E-state index in [-0.39, 0.29) is 11.7 Å². The fourth-order valence-electron chi connectivity index (χ4n) is 4.64. The van der Waals surface area contributed by atoms with Crippen molar-refractivity contribution in [3.63, 3.8) is 0 Å². The molecule has 1 heterocycles. The van der Waals surface area contributed by atoms with Gasteiger partial charge in [-0.3, -0.25) is 9.69 Å². The Balaban J connectivity index is 1.36. The summed E-state index contributed by atoms with van der Waals surface area (Å²) in [6.07, 6.45) is -1.28. The van der Waals surface area contributed by atoms with E-state index < -0.39 is 12.4 Å². The topological polar surface area (TPSA) is 102 Å². The van der Waals surface area contributed by atoms with Gasteiger partial charge in [-0.15, -0.1) is 18.3 Å². The minimum atomic E-state index is -4.76. The van der Waals surface area contributed by atoms with Gasteiger partial charge in [-0.05, 0) is 84.5 Å². The summed E-state index contributed by atoms with van der Waals surface area (Å²) in [5.41, 5.74) is 5.01. The molecule has 4 aromatic rings. The summed E-state index contributed by atoms with van der Waals surface area (Å²) < 4.78 is 42.7. The Kier molecular flexibility index (Phi) is 11.6. The lowest BCUT2D eigenvalue weighted by atomic mass is 9.99. The number of nitrogens with one attached hydrogen (secondary N) is 1. The highest BCUT2D eigenvalue weighted by Gasteiger charge is 2.31. The van der Waals surface area contributed by atoms with Crippen LogP contribution < -0.4 is 15.0 Å². The lowest BCUT2D eigenvalue weighted by molar-refractivity contribution is -0.274. The molecular formula is C33H35F3N6O3S. The highest BCUT2D eigenvalue weighted by molar-refractivity contribution is 8.14. The quantitative estimate of drug-likeness (QED) is 0.0772. The number of thioether (sulfide) groups is 1. The van der Waals surface area contributed by atoms with Crippen LogP contribution in [0.4, 0.5) is 23.7 Å². The van der Waals surface area contributed by atoms with E-state index >= 15 is 0 Å². The second-order valence-corrected chi connectivity index (χ2v) is 11.8. The van der Waals surface area contributed by atoms with E-state index in [1.165, 1.54) is 51.9 Å². The molecule has 3 aromatic carbocycles. The molecule has 0 atom stereocenters. The second-order valence-electron chi connectivity index (χ2n) is 10.6. The van der Waals surface area contributed by atoms with Crippen molar-refractivity contribution in [1.82, 2.24) is 20.1 Å². The Labute approximate surface area is 269 Å².